The number of anilines is 4. The fourth-order valence-corrected chi connectivity index (χ4v) is 7.39. The van der Waals surface area contributed by atoms with Crippen LogP contribution >= 0.6 is 45.3 Å². The summed E-state index contributed by atoms with van der Waals surface area (Å²) in [7, 11) is 6.82. The fraction of sp³-hybridized carbons (Fsp3) is 0.462. The molecule has 4 aromatic rings. The number of rotatable bonds is 2. The van der Waals surface area contributed by atoms with Gasteiger partial charge in [-0.05, 0) is 13.8 Å². The third kappa shape index (κ3) is 6.51. The van der Waals surface area contributed by atoms with Crippen molar-refractivity contribution in [3.63, 3.8) is 0 Å². The molecule has 0 unspecified atom stereocenters. The Hall–Kier alpha value is -2.94. The molecule has 0 atom stereocenters. The highest BCUT2D eigenvalue weighted by atomic mass is 32.1. The third-order valence-electron chi connectivity index (χ3n) is 5.65. The van der Waals surface area contributed by atoms with E-state index in [-0.39, 0.29) is 18.2 Å². The van der Waals surface area contributed by atoms with Gasteiger partial charge >= 0.3 is 0 Å². The maximum atomic E-state index is 13.0. The summed E-state index contributed by atoms with van der Waals surface area (Å²) in [6.45, 7) is 12.2. The minimum atomic E-state index is -0.426. The molecule has 0 saturated carbocycles. The van der Waals surface area contributed by atoms with E-state index in [0.29, 0.717) is 41.7 Å². The summed E-state index contributed by atoms with van der Waals surface area (Å²) < 4.78 is 0. The number of hydrogen-bond donors (Lipinski definition) is 2. The molecule has 0 aliphatic carbocycles. The van der Waals surface area contributed by atoms with Gasteiger partial charge in [0.2, 0.25) is 0 Å². The minimum Gasteiger partial charge on any atom is -0.344 e. The van der Waals surface area contributed by atoms with Gasteiger partial charge in [-0.15, -0.1) is 22.7 Å². The highest BCUT2D eigenvalue weighted by Crippen LogP contribution is 2.38. The van der Waals surface area contributed by atoms with E-state index >= 15 is 0 Å². The van der Waals surface area contributed by atoms with E-state index in [2.05, 4.69) is 24.5 Å². The third-order valence-corrected chi connectivity index (χ3v) is 9.16. The summed E-state index contributed by atoms with van der Waals surface area (Å²) in [6, 6.07) is 0. The van der Waals surface area contributed by atoms with Gasteiger partial charge in [-0.2, -0.15) is 0 Å². The van der Waals surface area contributed by atoms with Gasteiger partial charge in [0, 0.05) is 45.4 Å². The lowest BCUT2D eigenvalue weighted by Crippen LogP contribution is -2.23. The molecule has 0 radical (unpaired) electrons. The standard InChI is InChI=1S/C22H24N8O2S4.2C2H6/c1-22(2)12-8-33-18(25-12)27-20-23-10(14(35-20)16(31)29(3)4)7-11-15(17(32)30(5)6)36-21(24-11)28-19-26-13(22)9-34-19;2*1-2/h8-9H,7H2,1-6H3,(H,23,25,27)(H,24,26,28);2*1-2H3. The molecule has 10 nitrogen and oxygen atoms in total. The average molecular weight is 621 g/mol. The molecule has 1 aliphatic rings. The van der Waals surface area contributed by atoms with Crippen molar-refractivity contribution in [2.24, 2.45) is 0 Å². The smallest absolute Gasteiger partial charge is 0.265 e. The number of thiazole rings is 4. The molecule has 0 spiro atoms. The maximum absolute atomic E-state index is 13.0. The van der Waals surface area contributed by atoms with Crippen molar-refractivity contribution < 1.29 is 9.59 Å². The van der Waals surface area contributed by atoms with E-state index in [9.17, 15) is 9.59 Å². The minimum absolute atomic E-state index is 0.154. The van der Waals surface area contributed by atoms with E-state index in [1.807, 2.05) is 38.5 Å². The summed E-state index contributed by atoms with van der Waals surface area (Å²) in [4.78, 5) is 49.1. The zero-order chi connectivity index (χ0) is 29.8. The number of fused-ring (bicyclic) bond motifs is 8. The summed E-state index contributed by atoms with van der Waals surface area (Å²) in [5, 5.41) is 13.1. The molecule has 216 valence electrons. The molecule has 2 amide bonds. The Bertz CT molecular complexity index is 1360. The van der Waals surface area contributed by atoms with Crippen LogP contribution in [0.1, 0.15) is 83.7 Å². The number of carbonyl (C=O) groups is 2. The second-order valence-corrected chi connectivity index (χ2v) is 12.8. The van der Waals surface area contributed by atoms with Crippen LogP contribution < -0.4 is 10.6 Å². The average Bonchev–Trinajstić information content (AvgIpc) is 3.73. The molecule has 14 heteroatoms. The molecule has 8 bridgehead atoms. The van der Waals surface area contributed by atoms with Gasteiger partial charge in [-0.3, -0.25) is 9.59 Å². The van der Waals surface area contributed by atoms with Crippen molar-refractivity contribution in [1.82, 2.24) is 29.7 Å². The van der Waals surface area contributed by atoms with Crippen molar-refractivity contribution in [1.29, 1.82) is 0 Å². The van der Waals surface area contributed by atoms with Crippen LogP contribution in [-0.2, 0) is 11.8 Å². The summed E-state index contributed by atoms with van der Waals surface area (Å²) in [5.41, 5.74) is 2.47. The Morgan fingerprint density at radius 1 is 0.700 bits per heavy atom. The fourth-order valence-electron chi connectivity index (χ4n) is 3.50. The van der Waals surface area contributed by atoms with Crippen molar-refractivity contribution in [3.05, 3.63) is 43.3 Å². The van der Waals surface area contributed by atoms with Gasteiger partial charge < -0.3 is 20.4 Å². The Kier molecular flexibility index (Phi) is 10.4. The second kappa shape index (κ2) is 13.1. The number of aromatic nitrogens is 4. The highest BCUT2D eigenvalue weighted by molar-refractivity contribution is 7.19. The molecular weight excluding hydrogens is 585 g/mol. The van der Waals surface area contributed by atoms with E-state index in [0.717, 1.165) is 11.4 Å². The lowest BCUT2D eigenvalue weighted by molar-refractivity contribution is 0.0825. The molecule has 0 saturated heterocycles. The summed E-state index contributed by atoms with van der Waals surface area (Å²) in [6.07, 6.45) is 0.236. The zero-order valence-electron chi connectivity index (χ0n) is 24.5. The number of hydrogen-bond acceptors (Lipinski definition) is 12. The van der Waals surface area contributed by atoms with Crippen LogP contribution in [0.2, 0.25) is 0 Å². The first kappa shape index (κ1) is 31.6. The van der Waals surface area contributed by atoms with Gasteiger partial charge in [-0.1, -0.05) is 50.4 Å². The maximum Gasteiger partial charge on any atom is 0.265 e. The predicted octanol–water partition coefficient (Wildman–Crippen LogP) is 6.69. The molecule has 2 N–H and O–H groups in total. The van der Waals surface area contributed by atoms with Gasteiger partial charge in [0.05, 0.1) is 28.2 Å². The van der Waals surface area contributed by atoms with Crippen molar-refractivity contribution in [3.8, 4) is 0 Å². The van der Waals surface area contributed by atoms with Crippen LogP contribution in [0.3, 0.4) is 0 Å². The topological polar surface area (TPSA) is 116 Å². The first-order chi connectivity index (χ1) is 19.0. The second-order valence-electron chi connectivity index (χ2n) is 9.12. The molecular formula is C26H36N8O2S4. The first-order valence-electron chi connectivity index (χ1n) is 12.9. The monoisotopic (exact) mass is 620 g/mol. The van der Waals surface area contributed by atoms with Gasteiger partial charge in [0.25, 0.3) is 11.8 Å². The summed E-state index contributed by atoms with van der Waals surface area (Å²) >= 11 is 5.50. The Morgan fingerprint density at radius 2 is 1.07 bits per heavy atom. The molecule has 5 rings (SSSR count). The van der Waals surface area contributed by atoms with Crippen LogP contribution in [0, 0.1) is 0 Å². The van der Waals surface area contributed by atoms with Crippen LogP contribution in [0.4, 0.5) is 20.5 Å². The van der Waals surface area contributed by atoms with Crippen LogP contribution in [0.15, 0.2) is 10.8 Å². The molecule has 40 heavy (non-hydrogen) atoms. The molecule has 5 heterocycles. The van der Waals surface area contributed by atoms with Gasteiger partial charge in [0.1, 0.15) is 9.75 Å². The lowest BCUT2D eigenvalue weighted by Gasteiger charge is -2.19. The summed E-state index contributed by atoms with van der Waals surface area (Å²) in [5.74, 6) is -0.308. The predicted molar refractivity (Wildman–Crippen MR) is 169 cm³/mol. The molecule has 4 aromatic heterocycles. The van der Waals surface area contributed by atoms with Gasteiger partial charge in [-0.25, -0.2) is 19.9 Å². The van der Waals surface area contributed by atoms with E-state index in [1.54, 1.807) is 28.2 Å². The SMILES string of the molecule is CC.CC.CN(C)C(=O)c1sc2nc1Cc1nc(sc1C(=O)N(C)C)Nc1nc(cs1)C(C)(C)c1csc(n1)N2. The zero-order valence-corrected chi connectivity index (χ0v) is 27.8. The molecule has 0 aromatic carbocycles. The molecule has 1 aliphatic heterocycles. The van der Waals surface area contributed by atoms with Crippen molar-refractivity contribution in [2.75, 3.05) is 38.8 Å². The normalized spacial score (nSPS) is 12.9. The number of nitrogens with zero attached hydrogens (tertiary/aromatic N) is 6. The number of nitrogens with one attached hydrogen (secondary N) is 2. The lowest BCUT2D eigenvalue weighted by atomic mass is 9.87. The van der Waals surface area contributed by atoms with Crippen molar-refractivity contribution in [2.45, 2.75) is 53.4 Å². The Balaban J connectivity index is 0.00000106. The Labute approximate surface area is 251 Å². The quantitative estimate of drug-likeness (QED) is 0.255. The number of amides is 2. The largest absolute Gasteiger partial charge is 0.344 e. The van der Waals surface area contributed by atoms with E-state index < -0.39 is 5.41 Å². The number of carbonyl (C=O) groups excluding carboxylic acids is 2. The van der Waals surface area contributed by atoms with E-state index in [4.69, 9.17) is 19.9 Å². The first-order valence-corrected chi connectivity index (χ1v) is 16.3. The Morgan fingerprint density at radius 3 is 1.43 bits per heavy atom. The van der Waals surface area contributed by atoms with E-state index in [1.165, 1.54) is 55.1 Å². The van der Waals surface area contributed by atoms with Crippen molar-refractivity contribution >= 4 is 77.7 Å². The van der Waals surface area contributed by atoms with Crippen LogP contribution in [-0.4, -0.2) is 69.7 Å². The highest BCUT2D eigenvalue weighted by Gasteiger charge is 2.31. The van der Waals surface area contributed by atoms with Crippen LogP contribution in [0.5, 0.6) is 0 Å². The van der Waals surface area contributed by atoms with Crippen LogP contribution in [0.25, 0.3) is 0 Å². The van der Waals surface area contributed by atoms with Gasteiger partial charge in [0.15, 0.2) is 20.5 Å². The molecule has 0 fully saturated rings.